The van der Waals surface area contributed by atoms with Gasteiger partial charge in [-0.25, -0.2) is 0 Å². The number of rotatable bonds is 5. The molecule has 0 N–H and O–H groups in total. The predicted octanol–water partition coefficient (Wildman–Crippen LogP) is 4.71. The van der Waals surface area contributed by atoms with Crippen molar-refractivity contribution in [3.8, 4) is 5.75 Å². The Morgan fingerprint density at radius 1 is 1.10 bits per heavy atom. The Bertz CT molecular complexity index is 520. The molecule has 0 spiro atoms. The van der Waals surface area contributed by atoms with Crippen LogP contribution in [0.2, 0.25) is 0 Å². The number of pyridine rings is 1. The fourth-order valence-electron chi connectivity index (χ4n) is 1.94. The van der Waals surface area contributed by atoms with Crippen molar-refractivity contribution in [2.24, 2.45) is 0 Å². The van der Waals surface area contributed by atoms with Gasteiger partial charge in [-0.05, 0) is 47.2 Å². The van der Waals surface area contributed by atoms with Gasteiger partial charge in [0.25, 0.3) is 0 Å². The number of ether oxygens (including phenoxy) is 1. The zero-order chi connectivity index (χ0) is 14.5. The van der Waals surface area contributed by atoms with E-state index in [9.17, 15) is 0 Å². The van der Waals surface area contributed by atoms with Crippen LogP contribution in [0.25, 0.3) is 0 Å². The SMILES string of the molecule is CC(C)c1[c]c(C(C)C)cc(OCc2cccnc2)c1. The average Bonchev–Trinajstić information content (AvgIpc) is 2.45. The van der Waals surface area contributed by atoms with Crippen molar-refractivity contribution >= 4 is 0 Å². The van der Waals surface area contributed by atoms with Gasteiger partial charge >= 0.3 is 0 Å². The summed E-state index contributed by atoms with van der Waals surface area (Å²) in [4.78, 5) is 4.10. The van der Waals surface area contributed by atoms with E-state index >= 15 is 0 Å². The molecule has 0 atom stereocenters. The summed E-state index contributed by atoms with van der Waals surface area (Å²) in [6.07, 6.45) is 3.61. The lowest BCUT2D eigenvalue weighted by atomic mass is 9.95. The van der Waals surface area contributed by atoms with Crippen LogP contribution in [0.15, 0.2) is 36.7 Å². The summed E-state index contributed by atoms with van der Waals surface area (Å²) < 4.78 is 5.91. The van der Waals surface area contributed by atoms with E-state index in [1.54, 1.807) is 6.20 Å². The summed E-state index contributed by atoms with van der Waals surface area (Å²) in [7, 11) is 0. The van der Waals surface area contributed by atoms with E-state index in [2.05, 4.69) is 50.9 Å². The van der Waals surface area contributed by atoms with E-state index in [0.29, 0.717) is 18.4 Å². The van der Waals surface area contributed by atoms with E-state index in [0.717, 1.165) is 11.3 Å². The van der Waals surface area contributed by atoms with Crippen LogP contribution in [-0.4, -0.2) is 4.98 Å². The third-order valence-corrected chi connectivity index (χ3v) is 3.26. The van der Waals surface area contributed by atoms with Gasteiger partial charge in [-0.15, -0.1) is 0 Å². The lowest BCUT2D eigenvalue weighted by Crippen LogP contribution is -2.00. The molecule has 1 radical (unpaired) electrons. The highest BCUT2D eigenvalue weighted by Crippen LogP contribution is 2.27. The topological polar surface area (TPSA) is 22.1 Å². The van der Waals surface area contributed by atoms with Gasteiger partial charge < -0.3 is 4.74 Å². The first kappa shape index (κ1) is 14.6. The molecule has 0 saturated carbocycles. The minimum absolute atomic E-state index is 0.453. The van der Waals surface area contributed by atoms with E-state index < -0.39 is 0 Å². The molecule has 2 aromatic rings. The third kappa shape index (κ3) is 3.83. The Labute approximate surface area is 121 Å². The van der Waals surface area contributed by atoms with Crippen LogP contribution in [0.4, 0.5) is 0 Å². The molecule has 1 heterocycles. The fourth-order valence-corrected chi connectivity index (χ4v) is 1.94. The van der Waals surface area contributed by atoms with Crippen LogP contribution in [0.1, 0.15) is 56.2 Å². The van der Waals surface area contributed by atoms with E-state index in [1.165, 1.54) is 11.1 Å². The molecule has 2 nitrogen and oxygen atoms in total. The van der Waals surface area contributed by atoms with Gasteiger partial charge in [0.15, 0.2) is 0 Å². The van der Waals surface area contributed by atoms with Crippen molar-refractivity contribution in [2.75, 3.05) is 0 Å². The molecule has 0 aliphatic heterocycles. The lowest BCUT2D eigenvalue weighted by molar-refractivity contribution is 0.305. The second-order valence-electron chi connectivity index (χ2n) is 5.69. The van der Waals surface area contributed by atoms with Crippen molar-refractivity contribution in [3.05, 3.63) is 59.4 Å². The number of aromatic nitrogens is 1. The van der Waals surface area contributed by atoms with Crippen LogP contribution in [-0.2, 0) is 6.61 Å². The van der Waals surface area contributed by atoms with Gasteiger partial charge in [0.05, 0.1) is 0 Å². The monoisotopic (exact) mass is 268 g/mol. The van der Waals surface area contributed by atoms with Gasteiger partial charge in [-0.1, -0.05) is 33.8 Å². The molecule has 2 heteroatoms. The van der Waals surface area contributed by atoms with Crippen LogP contribution in [0.5, 0.6) is 5.75 Å². The van der Waals surface area contributed by atoms with Crippen LogP contribution < -0.4 is 4.74 Å². The normalized spacial score (nSPS) is 11.1. The Hall–Kier alpha value is -1.83. The quantitative estimate of drug-likeness (QED) is 0.783. The number of hydrogen-bond donors (Lipinski definition) is 0. The maximum absolute atomic E-state index is 5.91. The van der Waals surface area contributed by atoms with Crippen LogP contribution in [0, 0.1) is 6.07 Å². The highest BCUT2D eigenvalue weighted by molar-refractivity contribution is 5.36. The molecule has 2 rings (SSSR count). The summed E-state index contributed by atoms with van der Waals surface area (Å²) >= 11 is 0. The summed E-state index contributed by atoms with van der Waals surface area (Å²) in [5, 5.41) is 0. The van der Waals surface area contributed by atoms with Gasteiger partial charge in [0, 0.05) is 18.0 Å². The summed E-state index contributed by atoms with van der Waals surface area (Å²) in [6, 6.07) is 11.6. The second kappa shape index (κ2) is 6.56. The molecule has 0 aliphatic carbocycles. The molecule has 0 fully saturated rings. The first-order valence-corrected chi connectivity index (χ1v) is 7.15. The lowest BCUT2D eigenvalue weighted by Gasteiger charge is -2.14. The van der Waals surface area contributed by atoms with Gasteiger partial charge in [-0.2, -0.15) is 0 Å². The Kier molecular flexibility index (Phi) is 4.78. The summed E-state index contributed by atoms with van der Waals surface area (Å²) in [5.74, 6) is 1.82. The molecule has 0 aliphatic rings. The summed E-state index contributed by atoms with van der Waals surface area (Å²) in [5.41, 5.74) is 3.49. The molecule has 105 valence electrons. The fraction of sp³-hybridized carbons (Fsp3) is 0.389. The van der Waals surface area contributed by atoms with Crippen molar-refractivity contribution in [3.63, 3.8) is 0 Å². The highest BCUT2D eigenvalue weighted by Gasteiger charge is 2.08. The first-order valence-electron chi connectivity index (χ1n) is 7.15. The van der Waals surface area contributed by atoms with Crippen molar-refractivity contribution < 1.29 is 4.74 Å². The smallest absolute Gasteiger partial charge is 0.120 e. The zero-order valence-electron chi connectivity index (χ0n) is 12.7. The largest absolute Gasteiger partial charge is 0.489 e. The molecule has 0 saturated heterocycles. The molecule has 1 aromatic heterocycles. The van der Waals surface area contributed by atoms with E-state index in [4.69, 9.17) is 4.74 Å². The van der Waals surface area contributed by atoms with Crippen molar-refractivity contribution in [1.29, 1.82) is 0 Å². The minimum atomic E-state index is 0.453. The van der Waals surface area contributed by atoms with Gasteiger partial charge in [0.1, 0.15) is 12.4 Å². The maximum Gasteiger partial charge on any atom is 0.120 e. The van der Waals surface area contributed by atoms with E-state index in [1.807, 2.05) is 18.3 Å². The molecule has 20 heavy (non-hydrogen) atoms. The van der Waals surface area contributed by atoms with Crippen molar-refractivity contribution in [1.82, 2.24) is 4.98 Å². The second-order valence-corrected chi connectivity index (χ2v) is 5.69. The predicted molar refractivity (Wildman–Crippen MR) is 82.0 cm³/mol. The van der Waals surface area contributed by atoms with Gasteiger partial charge in [-0.3, -0.25) is 4.98 Å². The molecular weight excluding hydrogens is 246 g/mol. The minimum Gasteiger partial charge on any atom is -0.489 e. The Balaban J connectivity index is 2.18. The molecule has 1 aromatic carbocycles. The molecular formula is C18H22NO. The number of hydrogen-bond acceptors (Lipinski definition) is 2. The zero-order valence-corrected chi connectivity index (χ0v) is 12.7. The maximum atomic E-state index is 5.91. The first-order chi connectivity index (χ1) is 9.56. The summed E-state index contributed by atoms with van der Waals surface area (Å²) in [6.45, 7) is 9.27. The Morgan fingerprint density at radius 2 is 1.75 bits per heavy atom. The standard InChI is InChI=1S/C18H22NO/c1-13(2)16-8-17(14(3)4)10-18(9-16)20-12-15-6-5-7-19-11-15/h5-7,9-11,13-14H,12H2,1-4H3. The third-order valence-electron chi connectivity index (χ3n) is 3.26. The average molecular weight is 268 g/mol. The Morgan fingerprint density at radius 3 is 2.25 bits per heavy atom. The van der Waals surface area contributed by atoms with Crippen LogP contribution in [0.3, 0.4) is 0 Å². The molecule has 0 unspecified atom stereocenters. The van der Waals surface area contributed by atoms with Crippen LogP contribution >= 0.6 is 0 Å². The number of benzene rings is 1. The molecule has 0 bridgehead atoms. The molecule has 0 amide bonds. The van der Waals surface area contributed by atoms with Gasteiger partial charge in [0.2, 0.25) is 0 Å². The van der Waals surface area contributed by atoms with Crippen molar-refractivity contribution in [2.45, 2.75) is 46.1 Å². The highest BCUT2D eigenvalue weighted by atomic mass is 16.5. The van der Waals surface area contributed by atoms with E-state index in [-0.39, 0.29) is 0 Å². The number of nitrogens with zero attached hydrogens (tertiary/aromatic N) is 1.